The van der Waals surface area contributed by atoms with Gasteiger partial charge in [-0.2, -0.15) is 0 Å². The third-order valence-electron chi connectivity index (χ3n) is 3.71. The Bertz CT molecular complexity index is 574. The van der Waals surface area contributed by atoms with E-state index < -0.39 is 6.10 Å². The van der Waals surface area contributed by atoms with E-state index in [9.17, 15) is 5.11 Å². The summed E-state index contributed by atoms with van der Waals surface area (Å²) in [7, 11) is 2.01. The van der Waals surface area contributed by atoms with Gasteiger partial charge in [-0.3, -0.25) is 0 Å². The predicted molar refractivity (Wildman–Crippen MR) is 85.3 cm³/mol. The normalized spacial score (nSPS) is 12.2. The van der Waals surface area contributed by atoms with Gasteiger partial charge in [-0.15, -0.1) is 0 Å². The average molecular weight is 269 g/mol. The zero-order valence-corrected chi connectivity index (χ0v) is 12.7. The highest BCUT2D eigenvalue weighted by Crippen LogP contribution is 2.22. The average Bonchev–Trinajstić information content (AvgIpc) is 2.39. The molecule has 0 amide bonds. The summed E-state index contributed by atoms with van der Waals surface area (Å²) in [4.78, 5) is 2.09. The summed E-state index contributed by atoms with van der Waals surface area (Å²) in [6.45, 7) is 6.79. The van der Waals surface area contributed by atoms with Crippen LogP contribution >= 0.6 is 0 Å². The first kappa shape index (κ1) is 14.6. The van der Waals surface area contributed by atoms with Crippen molar-refractivity contribution in [2.24, 2.45) is 0 Å². The van der Waals surface area contributed by atoms with Crippen LogP contribution in [0.1, 0.15) is 28.4 Å². The Morgan fingerprint density at radius 2 is 1.55 bits per heavy atom. The Kier molecular flexibility index (Phi) is 4.46. The van der Waals surface area contributed by atoms with Gasteiger partial charge < -0.3 is 10.0 Å². The fourth-order valence-corrected chi connectivity index (χ4v) is 2.46. The minimum atomic E-state index is -0.470. The molecule has 1 unspecified atom stereocenters. The van der Waals surface area contributed by atoms with Gasteiger partial charge in [0.1, 0.15) is 0 Å². The molecule has 1 N–H and O–H groups in total. The van der Waals surface area contributed by atoms with Crippen molar-refractivity contribution in [2.75, 3.05) is 18.5 Å². The molecule has 0 aliphatic carbocycles. The lowest BCUT2D eigenvalue weighted by atomic mass is 10.0. The lowest BCUT2D eigenvalue weighted by Gasteiger charge is -2.24. The van der Waals surface area contributed by atoms with Crippen molar-refractivity contribution in [2.45, 2.75) is 26.9 Å². The summed E-state index contributed by atoms with van der Waals surface area (Å²) in [5.74, 6) is 0. The second-order valence-electron chi connectivity index (χ2n) is 5.59. The number of rotatable bonds is 4. The monoisotopic (exact) mass is 269 g/mol. The van der Waals surface area contributed by atoms with E-state index in [1.54, 1.807) is 0 Å². The standard InChI is InChI=1S/C18H23NO/c1-13-5-8-16(9-6-13)19(4)12-18(20)17-10-7-14(2)11-15(17)3/h5-11,18,20H,12H2,1-4H3. The number of hydrogen-bond donors (Lipinski definition) is 1. The van der Waals surface area contributed by atoms with Crippen molar-refractivity contribution in [1.29, 1.82) is 0 Å². The first-order chi connectivity index (χ1) is 9.47. The number of benzene rings is 2. The summed E-state index contributed by atoms with van der Waals surface area (Å²) in [5.41, 5.74) is 5.76. The van der Waals surface area contributed by atoms with Crippen molar-refractivity contribution >= 4 is 5.69 Å². The summed E-state index contributed by atoms with van der Waals surface area (Å²) < 4.78 is 0. The molecule has 20 heavy (non-hydrogen) atoms. The number of hydrogen-bond acceptors (Lipinski definition) is 2. The first-order valence-corrected chi connectivity index (χ1v) is 7.00. The van der Waals surface area contributed by atoms with Crippen LogP contribution in [0.2, 0.25) is 0 Å². The van der Waals surface area contributed by atoms with Gasteiger partial charge in [-0.05, 0) is 44.0 Å². The van der Waals surface area contributed by atoms with Gasteiger partial charge in [0.2, 0.25) is 0 Å². The number of nitrogens with zero attached hydrogens (tertiary/aromatic N) is 1. The number of anilines is 1. The topological polar surface area (TPSA) is 23.5 Å². The van der Waals surface area contributed by atoms with Crippen LogP contribution in [-0.2, 0) is 0 Å². The van der Waals surface area contributed by atoms with Crippen LogP contribution in [0, 0.1) is 20.8 Å². The second-order valence-corrected chi connectivity index (χ2v) is 5.59. The number of aryl methyl sites for hydroxylation is 3. The third kappa shape index (κ3) is 3.40. The maximum Gasteiger partial charge on any atom is 0.0967 e. The molecule has 0 fully saturated rings. The molecule has 2 heteroatoms. The van der Waals surface area contributed by atoms with Gasteiger partial charge in [0.25, 0.3) is 0 Å². The van der Waals surface area contributed by atoms with Crippen molar-refractivity contribution in [3.63, 3.8) is 0 Å². The second kappa shape index (κ2) is 6.10. The van der Waals surface area contributed by atoms with Crippen LogP contribution in [0.5, 0.6) is 0 Å². The van der Waals surface area contributed by atoms with Crippen LogP contribution in [-0.4, -0.2) is 18.7 Å². The Morgan fingerprint density at radius 1 is 0.950 bits per heavy atom. The SMILES string of the molecule is Cc1ccc(N(C)CC(O)c2ccc(C)cc2C)cc1. The molecule has 0 radical (unpaired) electrons. The van der Waals surface area contributed by atoms with Gasteiger partial charge in [0, 0.05) is 19.3 Å². The van der Waals surface area contributed by atoms with Gasteiger partial charge in [0.05, 0.1) is 6.10 Å². The van der Waals surface area contributed by atoms with E-state index in [2.05, 4.69) is 62.1 Å². The highest BCUT2D eigenvalue weighted by molar-refractivity contribution is 5.47. The number of likely N-dealkylation sites (N-methyl/N-ethyl adjacent to an activating group) is 1. The molecule has 2 rings (SSSR count). The maximum absolute atomic E-state index is 10.4. The highest BCUT2D eigenvalue weighted by atomic mass is 16.3. The van der Waals surface area contributed by atoms with E-state index in [4.69, 9.17) is 0 Å². The molecule has 2 aromatic rings. The van der Waals surface area contributed by atoms with E-state index in [-0.39, 0.29) is 0 Å². The molecule has 0 heterocycles. The molecule has 2 aromatic carbocycles. The van der Waals surface area contributed by atoms with Crippen LogP contribution in [0.3, 0.4) is 0 Å². The van der Waals surface area contributed by atoms with Crippen LogP contribution < -0.4 is 4.90 Å². The van der Waals surface area contributed by atoms with Crippen LogP contribution in [0.15, 0.2) is 42.5 Å². The Hall–Kier alpha value is -1.80. The van der Waals surface area contributed by atoms with E-state index in [1.165, 1.54) is 11.1 Å². The molecular weight excluding hydrogens is 246 g/mol. The molecule has 2 nitrogen and oxygen atoms in total. The lowest BCUT2D eigenvalue weighted by molar-refractivity contribution is 0.184. The molecule has 1 atom stereocenters. The molecule has 0 spiro atoms. The highest BCUT2D eigenvalue weighted by Gasteiger charge is 2.13. The lowest BCUT2D eigenvalue weighted by Crippen LogP contribution is -2.24. The molecule has 0 bridgehead atoms. The van der Waals surface area contributed by atoms with Crippen LogP contribution in [0.4, 0.5) is 5.69 Å². The minimum Gasteiger partial charge on any atom is -0.387 e. The van der Waals surface area contributed by atoms with Crippen molar-refractivity contribution < 1.29 is 5.11 Å². The molecule has 0 aliphatic heterocycles. The van der Waals surface area contributed by atoms with E-state index in [0.717, 1.165) is 16.8 Å². The van der Waals surface area contributed by atoms with Crippen LogP contribution in [0.25, 0.3) is 0 Å². The summed E-state index contributed by atoms with van der Waals surface area (Å²) in [6, 6.07) is 14.6. The first-order valence-electron chi connectivity index (χ1n) is 7.00. The molecule has 0 aromatic heterocycles. The molecule has 0 saturated carbocycles. The van der Waals surface area contributed by atoms with Gasteiger partial charge in [-0.1, -0.05) is 41.5 Å². The van der Waals surface area contributed by atoms with Gasteiger partial charge >= 0.3 is 0 Å². The van der Waals surface area contributed by atoms with Crippen molar-refractivity contribution in [3.05, 3.63) is 64.7 Å². The number of aliphatic hydroxyl groups excluding tert-OH is 1. The summed E-state index contributed by atoms with van der Waals surface area (Å²) >= 11 is 0. The number of aliphatic hydroxyl groups is 1. The quantitative estimate of drug-likeness (QED) is 0.913. The van der Waals surface area contributed by atoms with Gasteiger partial charge in [-0.25, -0.2) is 0 Å². The van der Waals surface area contributed by atoms with E-state index >= 15 is 0 Å². The summed E-state index contributed by atoms with van der Waals surface area (Å²) in [5, 5.41) is 10.4. The smallest absolute Gasteiger partial charge is 0.0967 e. The zero-order valence-electron chi connectivity index (χ0n) is 12.7. The Balaban J connectivity index is 2.10. The predicted octanol–water partition coefficient (Wildman–Crippen LogP) is 3.78. The largest absolute Gasteiger partial charge is 0.387 e. The Labute approximate surface area is 121 Å². The summed E-state index contributed by atoms with van der Waals surface area (Å²) in [6.07, 6.45) is -0.470. The van der Waals surface area contributed by atoms with E-state index in [0.29, 0.717) is 6.54 Å². The molecule has 0 aliphatic rings. The van der Waals surface area contributed by atoms with E-state index in [1.807, 2.05) is 13.1 Å². The Morgan fingerprint density at radius 3 is 2.15 bits per heavy atom. The van der Waals surface area contributed by atoms with Crippen molar-refractivity contribution in [1.82, 2.24) is 0 Å². The third-order valence-corrected chi connectivity index (χ3v) is 3.71. The molecule has 106 valence electrons. The minimum absolute atomic E-state index is 0.470. The molecule has 0 saturated heterocycles. The zero-order chi connectivity index (χ0) is 14.7. The fourth-order valence-electron chi connectivity index (χ4n) is 2.46. The maximum atomic E-state index is 10.4. The fraction of sp³-hybridized carbons (Fsp3) is 0.333. The van der Waals surface area contributed by atoms with Gasteiger partial charge in [0.15, 0.2) is 0 Å². The van der Waals surface area contributed by atoms with Crippen molar-refractivity contribution in [3.8, 4) is 0 Å². The molecular formula is C18H23NO.